The Hall–Kier alpha value is -1.35. The Kier molecular flexibility index (Phi) is 4.64. The van der Waals surface area contributed by atoms with E-state index in [2.05, 4.69) is 0 Å². The highest BCUT2D eigenvalue weighted by Gasteiger charge is 2.57. The van der Waals surface area contributed by atoms with Gasteiger partial charge in [-0.05, 0) is 31.5 Å². The molecule has 2 rings (SSSR count). The molecule has 1 aliphatic heterocycles. The van der Waals surface area contributed by atoms with Crippen LogP contribution in [0.3, 0.4) is 0 Å². The van der Waals surface area contributed by atoms with E-state index in [-0.39, 0.29) is 27.9 Å². The summed E-state index contributed by atoms with van der Waals surface area (Å²) < 4.78 is 26.1. The van der Waals surface area contributed by atoms with Crippen molar-refractivity contribution in [3.05, 3.63) is 28.2 Å². The molecule has 0 amide bonds. The number of carboxylic acids is 2. The fourth-order valence-corrected chi connectivity index (χ4v) is 5.03. The van der Waals surface area contributed by atoms with E-state index in [0.29, 0.717) is 4.31 Å². The third-order valence-corrected chi connectivity index (χ3v) is 6.19. The first-order valence-electron chi connectivity index (χ1n) is 6.44. The van der Waals surface area contributed by atoms with Gasteiger partial charge in [0.15, 0.2) is 0 Å². The van der Waals surface area contributed by atoms with Gasteiger partial charge in [-0.3, -0.25) is 9.59 Å². The number of sulfonamides is 1. The van der Waals surface area contributed by atoms with E-state index in [9.17, 15) is 28.2 Å². The summed E-state index contributed by atoms with van der Waals surface area (Å²) in [4.78, 5) is 22.7. The van der Waals surface area contributed by atoms with Crippen LogP contribution in [0.5, 0.6) is 0 Å². The van der Waals surface area contributed by atoms with Gasteiger partial charge in [0, 0.05) is 16.6 Å². The number of aliphatic carboxylic acids is 2. The van der Waals surface area contributed by atoms with Crippen molar-refractivity contribution in [1.82, 2.24) is 4.31 Å². The molecular formula is C13H13Cl2NO6S. The number of carbonyl (C=O) groups is 2. The quantitative estimate of drug-likeness (QED) is 0.823. The van der Waals surface area contributed by atoms with Crippen LogP contribution in [0.4, 0.5) is 0 Å². The van der Waals surface area contributed by atoms with Crippen molar-refractivity contribution in [2.24, 2.45) is 5.41 Å². The molecule has 0 spiro atoms. The van der Waals surface area contributed by atoms with Gasteiger partial charge in [-0.2, -0.15) is 4.31 Å². The third kappa shape index (κ3) is 3.03. The molecule has 23 heavy (non-hydrogen) atoms. The average molecular weight is 382 g/mol. The summed E-state index contributed by atoms with van der Waals surface area (Å²) in [7, 11) is -4.26. The van der Waals surface area contributed by atoms with Crippen molar-refractivity contribution in [2.45, 2.75) is 24.3 Å². The van der Waals surface area contributed by atoms with Crippen LogP contribution < -0.4 is 0 Å². The molecule has 2 atom stereocenters. The van der Waals surface area contributed by atoms with E-state index in [0.717, 1.165) is 12.1 Å². The van der Waals surface area contributed by atoms with Gasteiger partial charge in [-0.1, -0.05) is 23.2 Å². The summed E-state index contributed by atoms with van der Waals surface area (Å²) in [5, 5.41) is 18.8. The number of carboxylic acid groups (broad SMARTS) is 2. The molecule has 1 aromatic carbocycles. The van der Waals surface area contributed by atoms with Crippen LogP contribution in [0, 0.1) is 5.41 Å². The zero-order chi connectivity index (χ0) is 17.6. The van der Waals surface area contributed by atoms with Crippen molar-refractivity contribution < 1.29 is 28.2 Å². The standard InChI is InChI=1S/C13H13Cl2NO6S/c1-13(12(19)20)2-3-16(10(13)11(17)18)23(21,22)9-5-7(14)4-8(15)6-9/h4-6,10H,2-3H2,1H3,(H,17,18)(H,19,20)/t10-,13?/m1/s1. The van der Waals surface area contributed by atoms with Crippen LogP contribution in [0.15, 0.2) is 23.1 Å². The minimum atomic E-state index is -4.26. The lowest BCUT2D eigenvalue weighted by atomic mass is 9.83. The third-order valence-electron chi connectivity index (χ3n) is 3.91. The fourth-order valence-electron chi connectivity index (χ4n) is 2.62. The molecule has 1 unspecified atom stereocenters. The lowest BCUT2D eigenvalue weighted by Gasteiger charge is -2.28. The molecular weight excluding hydrogens is 369 g/mol. The van der Waals surface area contributed by atoms with Gasteiger partial charge in [0.1, 0.15) is 6.04 Å². The zero-order valence-corrected chi connectivity index (χ0v) is 14.2. The van der Waals surface area contributed by atoms with Gasteiger partial charge in [0.25, 0.3) is 0 Å². The summed E-state index contributed by atoms with van der Waals surface area (Å²) in [6.45, 7) is 0.987. The molecule has 0 aliphatic carbocycles. The number of halogens is 2. The molecule has 7 nitrogen and oxygen atoms in total. The van der Waals surface area contributed by atoms with E-state index < -0.39 is 33.4 Å². The number of benzene rings is 1. The van der Waals surface area contributed by atoms with E-state index in [1.165, 1.54) is 13.0 Å². The molecule has 1 saturated heterocycles. The van der Waals surface area contributed by atoms with Gasteiger partial charge >= 0.3 is 11.9 Å². The molecule has 0 aromatic heterocycles. The first-order chi connectivity index (χ1) is 10.5. The van der Waals surface area contributed by atoms with E-state index in [4.69, 9.17) is 23.2 Å². The first-order valence-corrected chi connectivity index (χ1v) is 8.64. The molecule has 1 heterocycles. The average Bonchev–Trinajstić information content (AvgIpc) is 2.77. The normalized spacial score (nSPS) is 25.4. The highest BCUT2D eigenvalue weighted by molar-refractivity contribution is 7.89. The maximum atomic E-state index is 12.7. The van der Waals surface area contributed by atoms with E-state index in [1.54, 1.807) is 0 Å². The summed E-state index contributed by atoms with van der Waals surface area (Å²) >= 11 is 11.6. The summed E-state index contributed by atoms with van der Waals surface area (Å²) in [5.74, 6) is -2.89. The largest absolute Gasteiger partial charge is 0.481 e. The Morgan fingerprint density at radius 2 is 1.74 bits per heavy atom. The van der Waals surface area contributed by atoms with Crippen molar-refractivity contribution in [1.29, 1.82) is 0 Å². The second kappa shape index (κ2) is 5.94. The maximum absolute atomic E-state index is 12.7. The molecule has 0 saturated carbocycles. The van der Waals surface area contributed by atoms with Gasteiger partial charge in [0.2, 0.25) is 10.0 Å². The fraction of sp³-hybridized carbons (Fsp3) is 0.385. The van der Waals surface area contributed by atoms with E-state index >= 15 is 0 Å². The lowest BCUT2D eigenvalue weighted by molar-refractivity contribution is -0.157. The van der Waals surface area contributed by atoms with Gasteiger partial charge in [-0.15, -0.1) is 0 Å². The second-order valence-corrected chi connectivity index (χ2v) is 8.20. The van der Waals surface area contributed by atoms with Crippen molar-refractivity contribution >= 4 is 45.2 Å². The van der Waals surface area contributed by atoms with Gasteiger partial charge < -0.3 is 10.2 Å². The predicted octanol–water partition coefficient (Wildman–Crippen LogP) is 1.93. The van der Waals surface area contributed by atoms with Crippen LogP contribution in [0.25, 0.3) is 0 Å². The number of nitrogens with zero attached hydrogens (tertiary/aromatic N) is 1. The first kappa shape index (κ1) is 18.0. The topological polar surface area (TPSA) is 112 Å². The predicted molar refractivity (Wildman–Crippen MR) is 82.1 cm³/mol. The van der Waals surface area contributed by atoms with Crippen molar-refractivity contribution in [2.75, 3.05) is 6.54 Å². The highest BCUT2D eigenvalue weighted by Crippen LogP contribution is 2.40. The minimum absolute atomic E-state index is 0.0724. The Morgan fingerprint density at radius 1 is 1.22 bits per heavy atom. The van der Waals surface area contributed by atoms with Gasteiger partial charge in [0.05, 0.1) is 10.3 Å². The number of hydrogen-bond donors (Lipinski definition) is 2. The molecule has 126 valence electrons. The van der Waals surface area contributed by atoms with Crippen molar-refractivity contribution in [3.63, 3.8) is 0 Å². The number of rotatable bonds is 4. The van der Waals surface area contributed by atoms with Crippen LogP contribution in [0.2, 0.25) is 10.0 Å². The molecule has 1 aliphatic rings. The Morgan fingerprint density at radius 3 is 2.17 bits per heavy atom. The Labute approximate surface area is 142 Å². The zero-order valence-electron chi connectivity index (χ0n) is 11.9. The maximum Gasteiger partial charge on any atom is 0.323 e. The molecule has 0 bridgehead atoms. The summed E-state index contributed by atoms with van der Waals surface area (Å²) in [5.41, 5.74) is -1.72. The van der Waals surface area contributed by atoms with Crippen LogP contribution >= 0.6 is 23.2 Å². The monoisotopic (exact) mass is 381 g/mol. The smallest absolute Gasteiger partial charge is 0.323 e. The molecule has 0 radical (unpaired) electrons. The highest BCUT2D eigenvalue weighted by atomic mass is 35.5. The lowest BCUT2D eigenvalue weighted by Crippen LogP contribution is -2.50. The Balaban J connectivity index is 2.55. The summed E-state index contributed by atoms with van der Waals surface area (Å²) in [6.07, 6.45) is -0.118. The second-order valence-electron chi connectivity index (χ2n) is 5.43. The van der Waals surface area contributed by atoms with E-state index in [1.807, 2.05) is 0 Å². The minimum Gasteiger partial charge on any atom is -0.481 e. The Bertz CT molecular complexity index is 760. The molecule has 10 heteroatoms. The van der Waals surface area contributed by atoms with Crippen LogP contribution in [-0.4, -0.2) is 47.5 Å². The number of hydrogen-bond acceptors (Lipinski definition) is 4. The van der Waals surface area contributed by atoms with Gasteiger partial charge in [-0.25, -0.2) is 8.42 Å². The SMILES string of the molecule is CC1(C(=O)O)CCN(S(=O)(=O)c2cc(Cl)cc(Cl)c2)[C@@H]1C(=O)O. The molecule has 1 fully saturated rings. The van der Waals surface area contributed by atoms with Crippen molar-refractivity contribution in [3.8, 4) is 0 Å². The summed E-state index contributed by atoms with van der Waals surface area (Å²) in [6, 6.07) is 1.89. The molecule has 2 N–H and O–H groups in total. The molecule has 1 aromatic rings. The van der Waals surface area contributed by atoms with Crippen LogP contribution in [0.1, 0.15) is 13.3 Å². The van der Waals surface area contributed by atoms with Crippen LogP contribution in [-0.2, 0) is 19.6 Å².